The molecule has 0 spiro atoms. The molecule has 18 heavy (non-hydrogen) atoms. The van der Waals surface area contributed by atoms with Gasteiger partial charge in [-0.2, -0.15) is 0 Å². The molecule has 0 aromatic heterocycles. The number of hydrogen-bond donors (Lipinski definition) is 2. The highest BCUT2D eigenvalue weighted by molar-refractivity contribution is 5.77. The van der Waals surface area contributed by atoms with Crippen molar-refractivity contribution in [2.24, 2.45) is 0 Å². The molecular weight excluding hydrogens is 232 g/mol. The minimum Gasteiger partial charge on any atom is -0.484 e. The van der Waals surface area contributed by atoms with Gasteiger partial charge in [0.2, 0.25) is 0 Å². The third-order valence-electron chi connectivity index (χ3n) is 2.13. The quantitative estimate of drug-likeness (QED) is 0.564. The molecule has 0 saturated carbocycles. The van der Waals surface area contributed by atoms with Crippen molar-refractivity contribution in [1.29, 1.82) is 0 Å². The molecule has 0 aliphatic rings. The van der Waals surface area contributed by atoms with E-state index >= 15 is 0 Å². The zero-order valence-electron chi connectivity index (χ0n) is 10.8. The highest BCUT2D eigenvalue weighted by Crippen LogP contribution is 2.12. The Morgan fingerprint density at radius 1 is 1.33 bits per heavy atom. The first kappa shape index (κ1) is 14.3. The number of carbonyl (C=O) groups excluding carboxylic acids is 1. The fourth-order valence-electron chi connectivity index (χ4n) is 1.25. The fourth-order valence-corrected chi connectivity index (χ4v) is 1.25. The van der Waals surface area contributed by atoms with Crippen LogP contribution >= 0.6 is 0 Å². The summed E-state index contributed by atoms with van der Waals surface area (Å²) in [6.45, 7) is 4.89. The number of carbonyl (C=O) groups is 1. The Morgan fingerprint density at radius 3 is 2.61 bits per heavy atom. The molecule has 1 aromatic rings. The summed E-state index contributed by atoms with van der Waals surface area (Å²) in [5, 5.41) is 2.71. The van der Waals surface area contributed by atoms with Crippen LogP contribution in [0.5, 0.6) is 5.75 Å². The third kappa shape index (κ3) is 6.10. The SMILES string of the molecule is CC(C)OCCNC(=O)COc1ccc(N)cc1. The molecule has 5 heteroatoms. The standard InChI is InChI=1S/C13H20N2O3/c1-10(2)17-8-7-15-13(16)9-18-12-5-3-11(14)4-6-12/h3-6,10H,7-9,14H2,1-2H3,(H,15,16). The molecule has 0 aliphatic heterocycles. The van der Waals surface area contributed by atoms with Gasteiger partial charge in [-0.25, -0.2) is 0 Å². The van der Waals surface area contributed by atoms with Gasteiger partial charge in [0.15, 0.2) is 6.61 Å². The van der Waals surface area contributed by atoms with Crippen molar-refractivity contribution in [3.63, 3.8) is 0 Å². The predicted molar refractivity (Wildman–Crippen MR) is 70.4 cm³/mol. The van der Waals surface area contributed by atoms with Crippen LogP contribution in [-0.4, -0.2) is 31.8 Å². The molecule has 1 rings (SSSR count). The molecule has 0 unspecified atom stereocenters. The Kier molecular flexibility index (Phi) is 6.00. The van der Waals surface area contributed by atoms with Gasteiger partial charge in [-0.3, -0.25) is 4.79 Å². The van der Waals surface area contributed by atoms with Crippen LogP contribution in [-0.2, 0) is 9.53 Å². The molecule has 0 bridgehead atoms. The van der Waals surface area contributed by atoms with E-state index in [1.54, 1.807) is 24.3 Å². The molecule has 0 heterocycles. The highest BCUT2D eigenvalue weighted by Gasteiger charge is 2.02. The van der Waals surface area contributed by atoms with Crippen molar-refractivity contribution in [1.82, 2.24) is 5.32 Å². The van der Waals surface area contributed by atoms with Gasteiger partial charge in [0.25, 0.3) is 5.91 Å². The lowest BCUT2D eigenvalue weighted by Gasteiger charge is -2.09. The maximum Gasteiger partial charge on any atom is 0.258 e. The van der Waals surface area contributed by atoms with E-state index < -0.39 is 0 Å². The Morgan fingerprint density at radius 2 is 2.00 bits per heavy atom. The van der Waals surface area contributed by atoms with E-state index in [1.165, 1.54) is 0 Å². The van der Waals surface area contributed by atoms with Crippen molar-refractivity contribution < 1.29 is 14.3 Å². The first-order chi connectivity index (χ1) is 8.58. The summed E-state index contributed by atoms with van der Waals surface area (Å²) >= 11 is 0. The van der Waals surface area contributed by atoms with Crippen LogP contribution in [0.2, 0.25) is 0 Å². The summed E-state index contributed by atoms with van der Waals surface area (Å²) in [7, 11) is 0. The predicted octanol–water partition coefficient (Wildman–Crippen LogP) is 1.19. The molecule has 0 saturated heterocycles. The largest absolute Gasteiger partial charge is 0.484 e. The van der Waals surface area contributed by atoms with Gasteiger partial charge in [0, 0.05) is 12.2 Å². The van der Waals surface area contributed by atoms with Crippen LogP contribution in [0.1, 0.15) is 13.8 Å². The maximum absolute atomic E-state index is 11.4. The van der Waals surface area contributed by atoms with E-state index in [-0.39, 0.29) is 18.6 Å². The number of benzene rings is 1. The van der Waals surface area contributed by atoms with Crippen molar-refractivity contribution in [2.75, 3.05) is 25.5 Å². The molecule has 1 amide bonds. The highest BCUT2D eigenvalue weighted by atomic mass is 16.5. The van der Waals surface area contributed by atoms with Crippen LogP contribution in [0.25, 0.3) is 0 Å². The van der Waals surface area contributed by atoms with E-state index in [2.05, 4.69) is 5.32 Å². The summed E-state index contributed by atoms with van der Waals surface area (Å²) in [5.41, 5.74) is 6.20. The van der Waals surface area contributed by atoms with E-state index in [0.717, 1.165) is 0 Å². The monoisotopic (exact) mass is 252 g/mol. The molecule has 0 fully saturated rings. The van der Waals surface area contributed by atoms with E-state index in [1.807, 2.05) is 13.8 Å². The minimum atomic E-state index is -0.167. The van der Waals surface area contributed by atoms with Crippen molar-refractivity contribution in [3.05, 3.63) is 24.3 Å². The van der Waals surface area contributed by atoms with Crippen LogP contribution < -0.4 is 15.8 Å². The molecule has 100 valence electrons. The lowest BCUT2D eigenvalue weighted by Crippen LogP contribution is -2.32. The fraction of sp³-hybridized carbons (Fsp3) is 0.462. The van der Waals surface area contributed by atoms with Gasteiger partial charge in [0.1, 0.15) is 5.75 Å². The normalized spacial score (nSPS) is 10.4. The lowest BCUT2D eigenvalue weighted by atomic mass is 10.3. The number of ether oxygens (including phenoxy) is 2. The molecule has 5 nitrogen and oxygen atoms in total. The maximum atomic E-state index is 11.4. The summed E-state index contributed by atoms with van der Waals surface area (Å²) in [6, 6.07) is 6.91. The minimum absolute atomic E-state index is 0.00834. The topological polar surface area (TPSA) is 73.6 Å². The molecule has 3 N–H and O–H groups in total. The summed E-state index contributed by atoms with van der Waals surface area (Å²) in [6.07, 6.45) is 0.174. The second-order valence-electron chi connectivity index (χ2n) is 4.13. The van der Waals surface area contributed by atoms with Crippen LogP contribution in [0.4, 0.5) is 5.69 Å². The third-order valence-corrected chi connectivity index (χ3v) is 2.13. The Balaban J connectivity index is 2.15. The van der Waals surface area contributed by atoms with Gasteiger partial charge in [-0.05, 0) is 38.1 Å². The number of nitrogen functional groups attached to an aromatic ring is 1. The average molecular weight is 252 g/mol. The van der Waals surface area contributed by atoms with Crippen molar-refractivity contribution >= 4 is 11.6 Å². The Hall–Kier alpha value is -1.75. The number of rotatable bonds is 7. The van der Waals surface area contributed by atoms with Crippen molar-refractivity contribution in [3.8, 4) is 5.75 Å². The molecule has 0 aliphatic carbocycles. The van der Waals surface area contributed by atoms with Gasteiger partial charge >= 0.3 is 0 Å². The van der Waals surface area contributed by atoms with Crippen molar-refractivity contribution in [2.45, 2.75) is 20.0 Å². The number of hydrogen-bond acceptors (Lipinski definition) is 4. The van der Waals surface area contributed by atoms with Gasteiger partial charge < -0.3 is 20.5 Å². The summed E-state index contributed by atoms with van der Waals surface area (Å²) < 4.78 is 10.6. The smallest absolute Gasteiger partial charge is 0.258 e. The summed E-state index contributed by atoms with van der Waals surface area (Å²) in [5.74, 6) is 0.456. The Bertz CT molecular complexity index is 363. The molecule has 0 radical (unpaired) electrons. The Labute approximate surface area is 107 Å². The number of amides is 1. The zero-order valence-corrected chi connectivity index (χ0v) is 10.8. The van der Waals surface area contributed by atoms with E-state index in [4.69, 9.17) is 15.2 Å². The molecular formula is C13H20N2O3. The average Bonchev–Trinajstić information content (AvgIpc) is 2.34. The van der Waals surface area contributed by atoms with Crippen LogP contribution in [0, 0.1) is 0 Å². The zero-order chi connectivity index (χ0) is 13.4. The first-order valence-electron chi connectivity index (χ1n) is 5.94. The second-order valence-corrected chi connectivity index (χ2v) is 4.13. The first-order valence-corrected chi connectivity index (χ1v) is 5.94. The second kappa shape index (κ2) is 7.55. The van der Waals surface area contributed by atoms with Crippen LogP contribution in [0.3, 0.4) is 0 Å². The molecule has 1 aromatic carbocycles. The van der Waals surface area contributed by atoms with E-state index in [9.17, 15) is 4.79 Å². The number of nitrogens with one attached hydrogen (secondary N) is 1. The number of nitrogens with two attached hydrogens (primary N) is 1. The lowest BCUT2D eigenvalue weighted by molar-refractivity contribution is -0.123. The van der Waals surface area contributed by atoms with E-state index in [0.29, 0.717) is 24.6 Å². The van der Waals surface area contributed by atoms with Gasteiger partial charge in [-0.15, -0.1) is 0 Å². The van der Waals surface area contributed by atoms with Gasteiger partial charge in [0.05, 0.1) is 12.7 Å². The number of anilines is 1. The van der Waals surface area contributed by atoms with Gasteiger partial charge in [-0.1, -0.05) is 0 Å². The summed E-state index contributed by atoms with van der Waals surface area (Å²) in [4.78, 5) is 11.4. The van der Waals surface area contributed by atoms with Crippen LogP contribution in [0.15, 0.2) is 24.3 Å². The molecule has 0 atom stereocenters.